The molecule has 7 heteroatoms. The molecular weight excluding hydrogens is 336 g/mol. The summed E-state index contributed by atoms with van der Waals surface area (Å²) in [5.41, 5.74) is 1.63. The molecule has 2 aromatic carbocycles. The number of nitrogens with one attached hydrogen (secondary N) is 1. The van der Waals surface area contributed by atoms with Crippen molar-refractivity contribution in [2.24, 2.45) is 0 Å². The normalized spacial score (nSPS) is 15.9. The molecule has 0 radical (unpaired) electrons. The van der Waals surface area contributed by atoms with E-state index in [1.807, 2.05) is 6.92 Å². The van der Waals surface area contributed by atoms with E-state index in [0.29, 0.717) is 40.7 Å². The minimum Gasteiger partial charge on any atom is -0.508 e. The molecule has 2 N–H and O–H groups in total. The van der Waals surface area contributed by atoms with Gasteiger partial charge in [-0.25, -0.2) is 0 Å². The second-order valence-electron chi connectivity index (χ2n) is 5.87. The number of phenols is 1. The number of hydrogen-bond donors (Lipinski definition) is 2. The van der Waals surface area contributed by atoms with Crippen LogP contribution in [0.3, 0.4) is 0 Å². The van der Waals surface area contributed by atoms with Crippen LogP contribution in [0.1, 0.15) is 29.0 Å². The molecule has 1 aliphatic rings. The molecule has 138 valence electrons. The highest BCUT2D eigenvalue weighted by molar-refractivity contribution is 6.02. The third kappa shape index (κ3) is 2.96. The number of anilines is 1. The highest BCUT2D eigenvalue weighted by atomic mass is 16.5. The van der Waals surface area contributed by atoms with Gasteiger partial charge >= 0.3 is 0 Å². The number of aromatic hydroxyl groups is 1. The molecule has 0 fully saturated rings. The fraction of sp³-hybridized carbons (Fsp3) is 0.316. The lowest BCUT2D eigenvalue weighted by atomic mass is 10.0. The van der Waals surface area contributed by atoms with Crippen molar-refractivity contribution in [1.82, 2.24) is 4.90 Å². The first kappa shape index (κ1) is 17.7. The molecule has 0 aliphatic carbocycles. The van der Waals surface area contributed by atoms with Crippen LogP contribution in [0, 0.1) is 0 Å². The van der Waals surface area contributed by atoms with Gasteiger partial charge in [0.25, 0.3) is 5.91 Å². The average molecular weight is 358 g/mol. The molecule has 2 aromatic rings. The standard InChI is InChI=1S/C19H22N2O5/c1-5-26-11-6-7-15(22)13(8-11)18-20-14-10-17(25-4)16(24-3)9-12(14)19(23)21(18)2/h6-10,18,20,22H,5H2,1-4H3/t18-/m1/s1. The van der Waals surface area contributed by atoms with E-state index in [9.17, 15) is 9.90 Å². The van der Waals surface area contributed by atoms with E-state index in [2.05, 4.69) is 5.32 Å². The van der Waals surface area contributed by atoms with Gasteiger partial charge in [0.2, 0.25) is 0 Å². The van der Waals surface area contributed by atoms with Gasteiger partial charge in [0.1, 0.15) is 17.7 Å². The van der Waals surface area contributed by atoms with E-state index in [0.717, 1.165) is 0 Å². The largest absolute Gasteiger partial charge is 0.508 e. The lowest BCUT2D eigenvalue weighted by Crippen LogP contribution is -2.40. The summed E-state index contributed by atoms with van der Waals surface area (Å²) in [5.74, 6) is 1.51. The van der Waals surface area contributed by atoms with Crippen LogP contribution >= 0.6 is 0 Å². The zero-order valence-corrected chi connectivity index (χ0v) is 15.2. The fourth-order valence-electron chi connectivity index (χ4n) is 3.02. The molecule has 0 aromatic heterocycles. The summed E-state index contributed by atoms with van der Waals surface area (Å²) in [6, 6.07) is 8.34. The number of amides is 1. The van der Waals surface area contributed by atoms with Gasteiger partial charge in [-0.1, -0.05) is 0 Å². The Morgan fingerprint density at radius 1 is 1.15 bits per heavy atom. The average Bonchev–Trinajstić information content (AvgIpc) is 2.65. The molecule has 0 saturated heterocycles. The van der Waals surface area contributed by atoms with Crippen LogP contribution in [0.2, 0.25) is 0 Å². The molecular formula is C19H22N2O5. The lowest BCUT2D eigenvalue weighted by Gasteiger charge is -2.36. The van der Waals surface area contributed by atoms with Crippen molar-refractivity contribution in [1.29, 1.82) is 0 Å². The Kier molecular flexibility index (Phi) is 4.79. The number of rotatable bonds is 5. The Labute approximate surface area is 152 Å². The second-order valence-corrected chi connectivity index (χ2v) is 5.87. The molecule has 3 rings (SSSR count). The van der Waals surface area contributed by atoms with Crippen LogP contribution in [-0.4, -0.2) is 43.8 Å². The van der Waals surface area contributed by atoms with E-state index in [1.165, 1.54) is 19.1 Å². The molecule has 26 heavy (non-hydrogen) atoms. The van der Waals surface area contributed by atoms with Crippen LogP contribution in [0.15, 0.2) is 30.3 Å². The van der Waals surface area contributed by atoms with Gasteiger partial charge < -0.3 is 29.5 Å². The summed E-state index contributed by atoms with van der Waals surface area (Å²) in [6.45, 7) is 2.40. The van der Waals surface area contributed by atoms with E-state index >= 15 is 0 Å². The van der Waals surface area contributed by atoms with Crippen molar-refractivity contribution in [2.75, 3.05) is 33.2 Å². The molecule has 1 aliphatic heterocycles. The third-order valence-electron chi connectivity index (χ3n) is 4.36. The zero-order chi connectivity index (χ0) is 18.8. The molecule has 0 spiro atoms. The molecule has 1 amide bonds. The van der Waals surface area contributed by atoms with Gasteiger partial charge in [-0.05, 0) is 31.2 Å². The van der Waals surface area contributed by atoms with Crippen molar-refractivity contribution in [3.63, 3.8) is 0 Å². The Hall–Kier alpha value is -3.09. The lowest BCUT2D eigenvalue weighted by molar-refractivity contribution is 0.0733. The van der Waals surface area contributed by atoms with Gasteiger partial charge in [-0.2, -0.15) is 0 Å². The molecule has 0 saturated carbocycles. The minimum atomic E-state index is -0.548. The molecule has 7 nitrogen and oxygen atoms in total. The van der Waals surface area contributed by atoms with Gasteiger partial charge in [-0.15, -0.1) is 0 Å². The molecule has 0 unspecified atom stereocenters. The summed E-state index contributed by atoms with van der Waals surface area (Å²) in [7, 11) is 4.73. The van der Waals surface area contributed by atoms with Gasteiger partial charge in [-0.3, -0.25) is 4.79 Å². The van der Waals surface area contributed by atoms with Crippen molar-refractivity contribution in [2.45, 2.75) is 13.1 Å². The highest BCUT2D eigenvalue weighted by Crippen LogP contribution is 2.41. The molecule has 1 heterocycles. The van der Waals surface area contributed by atoms with Crippen LogP contribution in [0.25, 0.3) is 0 Å². The monoisotopic (exact) mass is 358 g/mol. The Morgan fingerprint density at radius 3 is 2.50 bits per heavy atom. The molecule has 0 bridgehead atoms. The maximum absolute atomic E-state index is 12.9. The van der Waals surface area contributed by atoms with Crippen LogP contribution in [0.4, 0.5) is 5.69 Å². The second kappa shape index (κ2) is 7.03. The number of carbonyl (C=O) groups excluding carboxylic acids is 1. The summed E-state index contributed by atoms with van der Waals surface area (Å²) in [5, 5.41) is 13.6. The number of ether oxygens (including phenoxy) is 3. The van der Waals surface area contributed by atoms with Gasteiger partial charge in [0, 0.05) is 18.7 Å². The number of carbonyl (C=O) groups is 1. The van der Waals surface area contributed by atoms with Crippen LogP contribution in [0.5, 0.6) is 23.0 Å². The van der Waals surface area contributed by atoms with Gasteiger partial charge in [0.05, 0.1) is 32.1 Å². The van der Waals surface area contributed by atoms with Crippen LogP contribution < -0.4 is 19.5 Å². The van der Waals surface area contributed by atoms with Crippen molar-refractivity contribution >= 4 is 11.6 Å². The number of fused-ring (bicyclic) bond motifs is 1. The van der Waals surface area contributed by atoms with E-state index < -0.39 is 6.17 Å². The maximum atomic E-state index is 12.9. The Balaban J connectivity index is 2.05. The first-order chi connectivity index (χ1) is 12.5. The van der Waals surface area contributed by atoms with Crippen molar-refractivity contribution in [3.8, 4) is 23.0 Å². The Morgan fingerprint density at radius 2 is 1.85 bits per heavy atom. The highest BCUT2D eigenvalue weighted by Gasteiger charge is 2.33. The fourth-order valence-corrected chi connectivity index (χ4v) is 3.02. The Bertz CT molecular complexity index is 837. The quantitative estimate of drug-likeness (QED) is 0.855. The summed E-state index contributed by atoms with van der Waals surface area (Å²) in [6.07, 6.45) is -0.548. The number of nitrogens with zero attached hydrogens (tertiary/aromatic N) is 1. The summed E-state index contributed by atoms with van der Waals surface area (Å²) < 4.78 is 16.1. The first-order valence-corrected chi connectivity index (χ1v) is 8.25. The minimum absolute atomic E-state index is 0.0783. The first-order valence-electron chi connectivity index (χ1n) is 8.25. The van der Waals surface area contributed by atoms with Crippen LogP contribution in [-0.2, 0) is 0 Å². The van der Waals surface area contributed by atoms with E-state index in [1.54, 1.807) is 37.4 Å². The van der Waals surface area contributed by atoms with Crippen molar-refractivity contribution in [3.05, 3.63) is 41.5 Å². The third-order valence-corrected chi connectivity index (χ3v) is 4.36. The predicted octanol–water partition coefficient (Wildman–Crippen LogP) is 3.00. The zero-order valence-electron chi connectivity index (χ0n) is 15.2. The summed E-state index contributed by atoms with van der Waals surface area (Å²) >= 11 is 0. The van der Waals surface area contributed by atoms with Gasteiger partial charge in [0.15, 0.2) is 11.5 Å². The SMILES string of the molecule is CCOc1ccc(O)c([C@@H]2Nc3cc(OC)c(OC)cc3C(=O)N2C)c1. The predicted molar refractivity (Wildman–Crippen MR) is 97.3 cm³/mol. The van der Waals surface area contributed by atoms with E-state index in [4.69, 9.17) is 14.2 Å². The smallest absolute Gasteiger partial charge is 0.257 e. The maximum Gasteiger partial charge on any atom is 0.257 e. The number of hydrogen-bond acceptors (Lipinski definition) is 6. The van der Waals surface area contributed by atoms with Crippen molar-refractivity contribution < 1.29 is 24.1 Å². The number of methoxy groups -OCH3 is 2. The van der Waals surface area contributed by atoms with E-state index in [-0.39, 0.29) is 11.7 Å². The topological polar surface area (TPSA) is 80.3 Å². The summed E-state index contributed by atoms with van der Waals surface area (Å²) in [4.78, 5) is 14.4. The molecule has 1 atom stereocenters. The number of phenolic OH excluding ortho intramolecular Hbond substituents is 1. The number of benzene rings is 2.